The molecule has 0 atom stereocenters. The molecule has 2 amide bonds. The zero-order valence-electron chi connectivity index (χ0n) is 14.6. The van der Waals surface area contributed by atoms with Crippen molar-refractivity contribution < 1.29 is 14.3 Å². The third kappa shape index (κ3) is 4.45. The molecular weight excluding hydrogens is 386 g/mol. The summed E-state index contributed by atoms with van der Waals surface area (Å²) in [6, 6.07) is 12.0. The Morgan fingerprint density at radius 1 is 1.07 bits per heavy atom. The highest BCUT2D eigenvalue weighted by Crippen LogP contribution is 2.24. The Labute approximate surface area is 165 Å². The molecule has 27 heavy (non-hydrogen) atoms. The largest absolute Gasteiger partial charge is 0.497 e. The fraction of sp³-hybridized carbons (Fsp3) is 0.105. The molecule has 3 aromatic rings. The summed E-state index contributed by atoms with van der Waals surface area (Å²) in [4.78, 5) is 28.8. The standard InChI is InChI=1S/C19H16ClN3O3S/c1-11-14(20)4-3-5-15(11)21-18(25)16-10-27-19(22-16)23-17(24)12-6-8-13(26-2)9-7-12/h3-10H,1-2H3,(H,21,25)(H,22,23,24). The molecule has 0 fully saturated rings. The number of ether oxygens (including phenoxy) is 1. The summed E-state index contributed by atoms with van der Waals surface area (Å²) in [5.74, 6) is -0.0257. The molecule has 1 heterocycles. The molecule has 0 spiro atoms. The van der Waals surface area contributed by atoms with E-state index < -0.39 is 0 Å². The maximum Gasteiger partial charge on any atom is 0.275 e. The predicted molar refractivity (Wildman–Crippen MR) is 107 cm³/mol. The van der Waals surface area contributed by atoms with Gasteiger partial charge in [-0.15, -0.1) is 11.3 Å². The number of hydrogen-bond acceptors (Lipinski definition) is 5. The third-order valence-electron chi connectivity index (χ3n) is 3.83. The van der Waals surface area contributed by atoms with Crippen molar-refractivity contribution >= 4 is 45.6 Å². The van der Waals surface area contributed by atoms with Gasteiger partial charge in [-0.1, -0.05) is 17.7 Å². The molecule has 0 aliphatic rings. The summed E-state index contributed by atoms with van der Waals surface area (Å²) in [7, 11) is 1.56. The summed E-state index contributed by atoms with van der Waals surface area (Å²) in [6.45, 7) is 1.82. The van der Waals surface area contributed by atoms with Crippen molar-refractivity contribution in [3.05, 3.63) is 69.7 Å². The van der Waals surface area contributed by atoms with Gasteiger partial charge in [-0.25, -0.2) is 4.98 Å². The third-order valence-corrected chi connectivity index (χ3v) is 4.99. The van der Waals surface area contributed by atoms with E-state index in [1.165, 1.54) is 11.3 Å². The van der Waals surface area contributed by atoms with Gasteiger partial charge >= 0.3 is 0 Å². The summed E-state index contributed by atoms with van der Waals surface area (Å²) in [5.41, 5.74) is 2.07. The molecular formula is C19H16ClN3O3S. The number of aromatic nitrogens is 1. The van der Waals surface area contributed by atoms with Crippen molar-refractivity contribution in [1.29, 1.82) is 0 Å². The number of anilines is 2. The first-order valence-electron chi connectivity index (χ1n) is 7.95. The number of thiazole rings is 1. The first kappa shape index (κ1) is 18.9. The fourth-order valence-electron chi connectivity index (χ4n) is 2.28. The highest BCUT2D eigenvalue weighted by molar-refractivity contribution is 7.14. The fourth-order valence-corrected chi connectivity index (χ4v) is 3.14. The zero-order chi connectivity index (χ0) is 19.4. The summed E-state index contributed by atoms with van der Waals surface area (Å²) in [5, 5.41) is 7.94. The minimum absolute atomic E-state index is 0.212. The Bertz CT molecular complexity index is 986. The highest BCUT2D eigenvalue weighted by atomic mass is 35.5. The molecule has 0 saturated heterocycles. The summed E-state index contributed by atoms with van der Waals surface area (Å²) < 4.78 is 5.07. The van der Waals surface area contributed by atoms with Crippen molar-refractivity contribution in [3.8, 4) is 5.75 Å². The SMILES string of the molecule is COc1ccc(C(=O)Nc2nc(C(=O)Nc3cccc(Cl)c3C)cs2)cc1. The average molecular weight is 402 g/mol. The van der Waals surface area contributed by atoms with Gasteiger partial charge in [0.1, 0.15) is 11.4 Å². The zero-order valence-corrected chi connectivity index (χ0v) is 16.1. The Kier molecular flexibility index (Phi) is 5.73. The number of carbonyl (C=O) groups is 2. The second kappa shape index (κ2) is 8.20. The lowest BCUT2D eigenvalue weighted by molar-refractivity contribution is 0.101. The van der Waals surface area contributed by atoms with Crippen LogP contribution in [0.25, 0.3) is 0 Å². The number of nitrogens with one attached hydrogen (secondary N) is 2. The summed E-state index contributed by atoms with van der Waals surface area (Å²) in [6.07, 6.45) is 0. The lowest BCUT2D eigenvalue weighted by atomic mass is 10.2. The van der Waals surface area contributed by atoms with Crippen LogP contribution in [0.5, 0.6) is 5.75 Å². The van der Waals surface area contributed by atoms with E-state index in [1.807, 2.05) is 6.92 Å². The number of rotatable bonds is 5. The quantitative estimate of drug-likeness (QED) is 0.653. The van der Waals surface area contributed by atoms with Crippen molar-refractivity contribution in [1.82, 2.24) is 4.98 Å². The molecule has 3 rings (SSSR count). The van der Waals surface area contributed by atoms with E-state index in [4.69, 9.17) is 16.3 Å². The van der Waals surface area contributed by atoms with Crippen LogP contribution in [0.4, 0.5) is 10.8 Å². The van der Waals surface area contributed by atoms with Crippen LogP contribution in [0, 0.1) is 6.92 Å². The van der Waals surface area contributed by atoms with Gasteiger partial charge in [-0.05, 0) is 48.9 Å². The molecule has 0 unspecified atom stereocenters. The number of benzene rings is 2. The van der Waals surface area contributed by atoms with Gasteiger partial charge in [-0.3, -0.25) is 14.9 Å². The van der Waals surface area contributed by atoms with E-state index in [-0.39, 0.29) is 17.5 Å². The number of amides is 2. The van der Waals surface area contributed by atoms with E-state index in [0.29, 0.717) is 27.2 Å². The molecule has 138 valence electrons. The van der Waals surface area contributed by atoms with Gasteiger partial charge in [0, 0.05) is 21.7 Å². The minimum Gasteiger partial charge on any atom is -0.497 e. The first-order chi connectivity index (χ1) is 13.0. The average Bonchev–Trinajstić information content (AvgIpc) is 3.14. The Morgan fingerprint density at radius 3 is 2.52 bits per heavy atom. The van der Waals surface area contributed by atoms with Gasteiger partial charge in [0.25, 0.3) is 11.8 Å². The van der Waals surface area contributed by atoms with Crippen LogP contribution < -0.4 is 15.4 Å². The molecule has 0 aliphatic carbocycles. The van der Waals surface area contributed by atoms with Crippen LogP contribution in [-0.4, -0.2) is 23.9 Å². The Balaban J connectivity index is 1.67. The number of hydrogen-bond donors (Lipinski definition) is 2. The summed E-state index contributed by atoms with van der Waals surface area (Å²) >= 11 is 7.23. The molecule has 0 saturated carbocycles. The van der Waals surface area contributed by atoms with E-state index >= 15 is 0 Å². The lowest BCUT2D eigenvalue weighted by Gasteiger charge is -2.08. The predicted octanol–water partition coefficient (Wildman–Crippen LogP) is 4.62. The van der Waals surface area contributed by atoms with Gasteiger partial charge in [0.05, 0.1) is 7.11 Å². The Hall–Kier alpha value is -2.90. The van der Waals surface area contributed by atoms with Crippen molar-refractivity contribution in [2.24, 2.45) is 0 Å². The number of nitrogens with zero attached hydrogens (tertiary/aromatic N) is 1. The molecule has 8 heteroatoms. The number of halogens is 1. The van der Waals surface area contributed by atoms with Crippen molar-refractivity contribution in [2.75, 3.05) is 17.7 Å². The van der Waals surface area contributed by atoms with Crippen molar-refractivity contribution in [2.45, 2.75) is 6.92 Å². The molecule has 0 radical (unpaired) electrons. The molecule has 2 aromatic carbocycles. The van der Waals surface area contributed by atoms with Crippen LogP contribution in [0.2, 0.25) is 5.02 Å². The van der Waals surface area contributed by atoms with E-state index in [2.05, 4.69) is 15.6 Å². The van der Waals surface area contributed by atoms with Crippen molar-refractivity contribution in [3.63, 3.8) is 0 Å². The number of methoxy groups -OCH3 is 1. The molecule has 6 nitrogen and oxygen atoms in total. The van der Waals surface area contributed by atoms with E-state index in [1.54, 1.807) is 55.0 Å². The van der Waals surface area contributed by atoms with E-state index in [0.717, 1.165) is 5.56 Å². The minimum atomic E-state index is -0.374. The van der Waals surface area contributed by atoms with E-state index in [9.17, 15) is 9.59 Å². The first-order valence-corrected chi connectivity index (χ1v) is 9.21. The topological polar surface area (TPSA) is 80.3 Å². The monoisotopic (exact) mass is 401 g/mol. The van der Waals surface area contributed by atoms with Gasteiger partial charge in [0.15, 0.2) is 5.13 Å². The molecule has 1 aromatic heterocycles. The van der Waals surface area contributed by atoms with Crippen LogP contribution in [0.3, 0.4) is 0 Å². The molecule has 2 N–H and O–H groups in total. The molecule has 0 bridgehead atoms. The second-order valence-corrected chi connectivity index (χ2v) is 6.85. The van der Waals surface area contributed by atoms with Gasteiger partial charge < -0.3 is 10.1 Å². The van der Waals surface area contributed by atoms with Crippen LogP contribution in [0.1, 0.15) is 26.4 Å². The normalized spacial score (nSPS) is 10.3. The molecule has 0 aliphatic heterocycles. The maximum absolute atomic E-state index is 12.4. The van der Waals surface area contributed by atoms with Crippen LogP contribution >= 0.6 is 22.9 Å². The van der Waals surface area contributed by atoms with Gasteiger partial charge in [0.2, 0.25) is 0 Å². The van der Waals surface area contributed by atoms with Crippen LogP contribution in [0.15, 0.2) is 47.8 Å². The smallest absolute Gasteiger partial charge is 0.275 e. The van der Waals surface area contributed by atoms with Gasteiger partial charge in [-0.2, -0.15) is 0 Å². The number of carbonyl (C=O) groups excluding carboxylic acids is 2. The Morgan fingerprint density at radius 2 is 1.81 bits per heavy atom. The lowest BCUT2D eigenvalue weighted by Crippen LogP contribution is -2.14. The highest BCUT2D eigenvalue weighted by Gasteiger charge is 2.15. The van der Waals surface area contributed by atoms with Crippen LogP contribution in [-0.2, 0) is 0 Å². The maximum atomic E-state index is 12.4. The second-order valence-electron chi connectivity index (χ2n) is 5.59.